The lowest BCUT2D eigenvalue weighted by atomic mass is 9.97. The number of hydrogen-bond donors (Lipinski definition) is 1. The zero-order valence-corrected chi connectivity index (χ0v) is 9.62. The highest BCUT2D eigenvalue weighted by molar-refractivity contribution is 5.31. The topological polar surface area (TPSA) is 26.0 Å². The smallest absolute Gasteiger partial charge is 0.000933 e. The lowest BCUT2D eigenvalue weighted by Gasteiger charge is -2.09. The van der Waals surface area contributed by atoms with Gasteiger partial charge in [-0.05, 0) is 24.3 Å². The standard InChI is InChI=1S/C11H15N.C2H6/c1-9-5-3-4-6-11(9)10(2)7-8-12;1-2/h3-8,10H,12H2,1-2H3;1-2H3/b8-7-;. The van der Waals surface area contributed by atoms with Crippen LogP contribution in [0.15, 0.2) is 36.5 Å². The minimum atomic E-state index is 0.413. The van der Waals surface area contributed by atoms with Gasteiger partial charge in [0, 0.05) is 5.92 Å². The molecule has 1 nitrogen and oxygen atoms in total. The summed E-state index contributed by atoms with van der Waals surface area (Å²) in [5.41, 5.74) is 8.01. The molecule has 0 heterocycles. The van der Waals surface area contributed by atoms with Crippen molar-refractivity contribution >= 4 is 0 Å². The van der Waals surface area contributed by atoms with Crippen molar-refractivity contribution in [2.24, 2.45) is 5.73 Å². The van der Waals surface area contributed by atoms with E-state index in [1.807, 2.05) is 19.9 Å². The van der Waals surface area contributed by atoms with E-state index in [-0.39, 0.29) is 0 Å². The molecule has 14 heavy (non-hydrogen) atoms. The molecule has 1 rings (SSSR count). The molecule has 0 radical (unpaired) electrons. The van der Waals surface area contributed by atoms with Crippen molar-refractivity contribution in [1.29, 1.82) is 0 Å². The normalized spacial score (nSPS) is 12.0. The molecule has 0 fully saturated rings. The second-order valence-corrected chi connectivity index (χ2v) is 3.03. The largest absolute Gasteiger partial charge is 0.405 e. The van der Waals surface area contributed by atoms with E-state index in [1.54, 1.807) is 6.20 Å². The molecule has 0 bridgehead atoms. The van der Waals surface area contributed by atoms with Crippen LogP contribution in [0.3, 0.4) is 0 Å². The number of allylic oxidation sites excluding steroid dienone is 1. The van der Waals surface area contributed by atoms with Crippen LogP contribution in [-0.2, 0) is 0 Å². The Labute approximate surface area is 87.6 Å². The van der Waals surface area contributed by atoms with E-state index in [9.17, 15) is 0 Å². The number of aryl methyl sites for hydroxylation is 1. The van der Waals surface area contributed by atoms with Crippen LogP contribution >= 0.6 is 0 Å². The summed E-state index contributed by atoms with van der Waals surface area (Å²) in [5, 5.41) is 0. The molecule has 0 aliphatic rings. The van der Waals surface area contributed by atoms with Crippen molar-refractivity contribution in [2.75, 3.05) is 0 Å². The first kappa shape index (κ1) is 12.8. The fourth-order valence-electron chi connectivity index (χ4n) is 1.37. The first-order valence-corrected chi connectivity index (χ1v) is 5.19. The molecule has 78 valence electrons. The molecule has 1 aromatic rings. The minimum Gasteiger partial charge on any atom is -0.405 e. The zero-order chi connectivity index (χ0) is 11.0. The summed E-state index contributed by atoms with van der Waals surface area (Å²) < 4.78 is 0. The highest BCUT2D eigenvalue weighted by Gasteiger charge is 2.02. The first-order chi connectivity index (χ1) is 6.75. The molecule has 0 aromatic heterocycles. The lowest BCUT2D eigenvalue weighted by molar-refractivity contribution is 0.949. The molecular weight excluding hydrogens is 170 g/mol. The van der Waals surface area contributed by atoms with Crippen LogP contribution in [0.5, 0.6) is 0 Å². The molecule has 2 N–H and O–H groups in total. The second-order valence-electron chi connectivity index (χ2n) is 3.03. The number of nitrogens with two attached hydrogens (primary N) is 1. The molecule has 1 heteroatoms. The van der Waals surface area contributed by atoms with Crippen molar-refractivity contribution in [3.63, 3.8) is 0 Å². The van der Waals surface area contributed by atoms with Crippen LogP contribution in [0.4, 0.5) is 0 Å². The van der Waals surface area contributed by atoms with Gasteiger partial charge < -0.3 is 5.73 Å². The molecule has 0 aliphatic heterocycles. The quantitative estimate of drug-likeness (QED) is 0.759. The monoisotopic (exact) mass is 191 g/mol. The fraction of sp³-hybridized carbons (Fsp3) is 0.385. The van der Waals surface area contributed by atoms with E-state index in [0.717, 1.165) is 0 Å². The molecule has 0 saturated carbocycles. The van der Waals surface area contributed by atoms with Crippen molar-refractivity contribution in [3.05, 3.63) is 47.7 Å². The predicted octanol–water partition coefficient (Wildman–Crippen LogP) is 3.60. The lowest BCUT2D eigenvalue weighted by Crippen LogP contribution is -1.93. The molecule has 0 spiro atoms. The summed E-state index contributed by atoms with van der Waals surface area (Å²) in [5.74, 6) is 0.413. The number of rotatable bonds is 2. The third-order valence-corrected chi connectivity index (χ3v) is 2.08. The Morgan fingerprint density at radius 3 is 2.29 bits per heavy atom. The highest BCUT2D eigenvalue weighted by Crippen LogP contribution is 2.19. The van der Waals surface area contributed by atoms with Gasteiger partial charge in [-0.15, -0.1) is 0 Å². The van der Waals surface area contributed by atoms with Crippen molar-refractivity contribution in [2.45, 2.75) is 33.6 Å². The maximum Gasteiger partial charge on any atom is 0.000933 e. The van der Waals surface area contributed by atoms with Gasteiger partial charge in [0.2, 0.25) is 0 Å². The van der Waals surface area contributed by atoms with Gasteiger partial charge in [-0.2, -0.15) is 0 Å². The Bertz CT molecular complexity index is 276. The van der Waals surface area contributed by atoms with Gasteiger partial charge in [0.15, 0.2) is 0 Å². The molecule has 1 unspecified atom stereocenters. The van der Waals surface area contributed by atoms with Crippen molar-refractivity contribution in [1.82, 2.24) is 0 Å². The Morgan fingerprint density at radius 2 is 1.79 bits per heavy atom. The van der Waals surface area contributed by atoms with E-state index in [2.05, 4.69) is 38.1 Å². The Kier molecular flexibility index (Phi) is 6.55. The van der Waals surface area contributed by atoms with Crippen molar-refractivity contribution in [3.8, 4) is 0 Å². The van der Waals surface area contributed by atoms with E-state index in [0.29, 0.717) is 5.92 Å². The summed E-state index contributed by atoms with van der Waals surface area (Å²) in [4.78, 5) is 0. The maximum atomic E-state index is 5.34. The molecule has 0 saturated heterocycles. The van der Waals surface area contributed by atoms with Gasteiger partial charge in [-0.3, -0.25) is 0 Å². The van der Waals surface area contributed by atoms with Crippen molar-refractivity contribution < 1.29 is 0 Å². The predicted molar refractivity (Wildman–Crippen MR) is 64.3 cm³/mol. The molecule has 1 aromatic carbocycles. The molecular formula is C13H21N. The van der Waals surface area contributed by atoms with E-state index < -0.39 is 0 Å². The summed E-state index contributed by atoms with van der Waals surface area (Å²) in [6.45, 7) is 8.27. The average Bonchev–Trinajstić information content (AvgIpc) is 2.22. The van der Waals surface area contributed by atoms with Crippen LogP contribution in [0.25, 0.3) is 0 Å². The summed E-state index contributed by atoms with van der Waals surface area (Å²) in [6.07, 6.45) is 3.61. The number of hydrogen-bond acceptors (Lipinski definition) is 1. The third-order valence-electron chi connectivity index (χ3n) is 2.08. The van der Waals surface area contributed by atoms with Gasteiger partial charge in [-0.25, -0.2) is 0 Å². The average molecular weight is 191 g/mol. The van der Waals surface area contributed by atoms with Crippen LogP contribution in [-0.4, -0.2) is 0 Å². The first-order valence-electron chi connectivity index (χ1n) is 5.19. The van der Waals surface area contributed by atoms with Crippen LogP contribution in [0.1, 0.15) is 37.8 Å². The van der Waals surface area contributed by atoms with Crippen LogP contribution < -0.4 is 5.73 Å². The van der Waals surface area contributed by atoms with E-state index in [4.69, 9.17) is 5.73 Å². The highest BCUT2D eigenvalue weighted by atomic mass is 14.5. The van der Waals surface area contributed by atoms with Gasteiger partial charge in [0.25, 0.3) is 0 Å². The Morgan fingerprint density at radius 1 is 1.21 bits per heavy atom. The third kappa shape index (κ3) is 3.65. The molecule has 0 amide bonds. The number of benzene rings is 1. The van der Waals surface area contributed by atoms with Gasteiger partial charge >= 0.3 is 0 Å². The van der Waals surface area contributed by atoms with Crippen LogP contribution in [0.2, 0.25) is 0 Å². The molecule has 1 atom stereocenters. The minimum absolute atomic E-state index is 0.413. The van der Waals surface area contributed by atoms with Gasteiger partial charge in [0.1, 0.15) is 0 Å². The van der Waals surface area contributed by atoms with E-state index >= 15 is 0 Å². The SMILES string of the molecule is CC.Cc1ccccc1C(C)/C=C\N. The van der Waals surface area contributed by atoms with Gasteiger partial charge in [-0.1, -0.05) is 51.1 Å². The summed E-state index contributed by atoms with van der Waals surface area (Å²) in [7, 11) is 0. The fourth-order valence-corrected chi connectivity index (χ4v) is 1.37. The van der Waals surface area contributed by atoms with Gasteiger partial charge in [0.05, 0.1) is 0 Å². The van der Waals surface area contributed by atoms with E-state index in [1.165, 1.54) is 11.1 Å². The second kappa shape index (κ2) is 7.19. The maximum absolute atomic E-state index is 5.34. The zero-order valence-electron chi connectivity index (χ0n) is 9.62. The summed E-state index contributed by atoms with van der Waals surface area (Å²) >= 11 is 0. The summed E-state index contributed by atoms with van der Waals surface area (Å²) in [6, 6.07) is 8.37. The van der Waals surface area contributed by atoms with Crippen LogP contribution in [0, 0.1) is 6.92 Å². The Hall–Kier alpha value is -1.24. The molecule has 0 aliphatic carbocycles. The Balaban J connectivity index is 0.000000791.